The zero-order valence-electron chi connectivity index (χ0n) is 9.67. The molecule has 0 atom stereocenters. The number of ether oxygens (including phenoxy) is 2. The van der Waals surface area contributed by atoms with Gasteiger partial charge in [0.1, 0.15) is 0 Å². The Labute approximate surface area is 101 Å². The van der Waals surface area contributed by atoms with Gasteiger partial charge in [-0.3, -0.25) is 4.79 Å². The molecule has 0 aliphatic rings. The van der Waals surface area contributed by atoms with Crippen molar-refractivity contribution >= 4 is 5.97 Å². The summed E-state index contributed by atoms with van der Waals surface area (Å²) in [5, 5.41) is 8.68. The Hall–Kier alpha value is -1.92. The first-order chi connectivity index (χ1) is 8.31. The first-order valence-electron chi connectivity index (χ1n) is 4.84. The van der Waals surface area contributed by atoms with Crippen molar-refractivity contribution in [2.75, 3.05) is 14.2 Å². The predicted octanol–water partition coefficient (Wildman–Crippen LogP) is 2.35. The standard InChI is InChI=1S/C11H11F3O4/c1-17-8-4-3-7(11(12,13)14)6(5-9(15)16)10(8)18-2/h3-4H,5H2,1-2H3,(H,15,16). The predicted molar refractivity (Wildman–Crippen MR) is 55.9 cm³/mol. The maximum atomic E-state index is 12.8. The second-order valence-electron chi connectivity index (χ2n) is 3.40. The summed E-state index contributed by atoms with van der Waals surface area (Å²) in [6, 6.07) is 1.87. The van der Waals surface area contributed by atoms with E-state index in [9.17, 15) is 18.0 Å². The minimum absolute atomic E-state index is 0.0572. The molecule has 0 aliphatic heterocycles. The fourth-order valence-electron chi connectivity index (χ4n) is 1.58. The van der Waals surface area contributed by atoms with Crippen LogP contribution in [0.15, 0.2) is 12.1 Å². The molecule has 1 aromatic carbocycles. The van der Waals surface area contributed by atoms with Crippen LogP contribution in [0.5, 0.6) is 11.5 Å². The maximum Gasteiger partial charge on any atom is 0.416 e. The van der Waals surface area contributed by atoms with Crippen molar-refractivity contribution < 1.29 is 32.5 Å². The molecule has 4 nitrogen and oxygen atoms in total. The smallest absolute Gasteiger partial charge is 0.416 e. The molecule has 18 heavy (non-hydrogen) atoms. The minimum Gasteiger partial charge on any atom is -0.493 e. The van der Waals surface area contributed by atoms with E-state index in [1.165, 1.54) is 7.11 Å². The first kappa shape index (κ1) is 14.1. The van der Waals surface area contributed by atoms with Crippen LogP contribution in [0.25, 0.3) is 0 Å². The topological polar surface area (TPSA) is 55.8 Å². The van der Waals surface area contributed by atoms with E-state index < -0.39 is 29.7 Å². The lowest BCUT2D eigenvalue weighted by atomic mass is 10.0. The van der Waals surface area contributed by atoms with Crippen LogP contribution in [0.1, 0.15) is 11.1 Å². The molecule has 0 aromatic heterocycles. The highest BCUT2D eigenvalue weighted by molar-refractivity contribution is 5.73. The molecular weight excluding hydrogens is 253 g/mol. The summed E-state index contributed by atoms with van der Waals surface area (Å²) in [6.45, 7) is 0. The van der Waals surface area contributed by atoms with Crippen LogP contribution >= 0.6 is 0 Å². The van der Waals surface area contributed by atoms with Crippen molar-refractivity contribution in [3.63, 3.8) is 0 Å². The van der Waals surface area contributed by atoms with Gasteiger partial charge in [0.05, 0.1) is 26.2 Å². The van der Waals surface area contributed by atoms with E-state index in [1.54, 1.807) is 0 Å². The van der Waals surface area contributed by atoms with Gasteiger partial charge in [0.15, 0.2) is 11.5 Å². The molecule has 1 N–H and O–H groups in total. The fraction of sp³-hybridized carbons (Fsp3) is 0.364. The Balaban J connectivity index is 3.48. The van der Waals surface area contributed by atoms with Crippen molar-refractivity contribution in [3.8, 4) is 11.5 Å². The summed E-state index contributed by atoms with van der Waals surface area (Å²) in [5.41, 5.74) is -1.49. The molecule has 0 fully saturated rings. The van der Waals surface area contributed by atoms with Crippen LogP contribution < -0.4 is 9.47 Å². The van der Waals surface area contributed by atoms with E-state index in [0.717, 1.165) is 19.2 Å². The molecule has 0 radical (unpaired) electrons. The van der Waals surface area contributed by atoms with E-state index in [1.807, 2.05) is 0 Å². The van der Waals surface area contributed by atoms with Crippen LogP contribution in [0.3, 0.4) is 0 Å². The van der Waals surface area contributed by atoms with Crippen molar-refractivity contribution in [1.82, 2.24) is 0 Å². The number of methoxy groups -OCH3 is 2. The molecular formula is C11H11F3O4. The molecule has 0 bridgehead atoms. The summed E-state index contributed by atoms with van der Waals surface area (Å²) < 4.78 is 47.9. The molecule has 100 valence electrons. The summed E-state index contributed by atoms with van der Waals surface area (Å²) in [5.74, 6) is -1.54. The van der Waals surface area contributed by atoms with Gasteiger partial charge in [0, 0.05) is 5.56 Å². The summed E-state index contributed by atoms with van der Waals surface area (Å²) in [7, 11) is 2.42. The third kappa shape index (κ3) is 2.85. The normalized spacial score (nSPS) is 11.2. The number of carboxylic acid groups (broad SMARTS) is 1. The molecule has 1 rings (SSSR count). The SMILES string of the molecule is COc1ccc(C(F)(F)F)c(CC(=O)O)c1OC. The van der Waals surface area contributed by atoms with Gasteiger partial charge in [-0.1, -0.05) is 0 Å². The Morgan fingerprint density at radius 2 is 1.89 bits per heavy atom. The highest BCUT2D eigenvalue weighted by Crippen LogP contribution is 2.41. The number of benzene rings is 1. The Morgan fingerprint density at radius 3 is 2.28 bits per heavy atom. The van der Waals surface area contributed by atoms with Gasteiger partial charge in [0.25, 0.3) is 0 Å². The van der Waals surface area contributed by atoms with Crippen LogP contribution in [-0.4, -0.2) is 25.3 Å². The molecule has 0 amide bonds. The van der Waals surface area contributed by atoms with E-state index in [2.05, 4.69) is 0 Å². The highest BCUT2D eigenvalue weighted by atomic mass is 19.4. The summed E-state index contributed by atoms with van der Waals surface area (Å²) in [4.78, 5) is 10.7. The number of hydrogen-bond donors (Lipinski definition) is 1. The van der Waals surface area contributed by atoms with E-state index in [0.29, 0.717) is 0 Å². The molecule has 0 spiro atoms. The van der Waals surface area contributed by atoms with Gasteiger partial charge in [-0.2, -0.15) is 13.2 Å². The lowest BCUT2D eigenvalue weighted by Crippen LogP contribution is -2.14. The van der Waals surface area contributed by atoms with Crippen molar-refractivity contribution in [2.24, 2.45) is 0 Å². The van der Waals surface area contributed by atoms with Crippen LogP contribution in [0, 0.1) is 0 Å². The Morgan fingerprint density at radius 1 is 1.28 bits per heavy atom. The van der Waals surface area contributed by atoms with E-state index >= 15 is 0 Å². The molecule has 0 unspecified atom stereocenters. The minimum atomic E-state index is -4.65. The molecule has 0 saturated carbocycles. The summed E-state index contributed by atoms with van der Waals surface area (Å²) >= 11 is 0. The molecule has 7 heteroatoms. The number of carbonyl (C=O) groups is 1. The first-order valence-corrected chi connectivity index (χ1v) is 4.84. The molecule has 0 aliphatic carbocycles. The molecule has 0 heterocycles. The summed E-state index contributed by atoms with van der Waals surface area (Å²) in [6.07, 6.45) is -5.44. The van der Waals surface area contributed by atoms with Crippen molar-refractivity contribution in [1.29, 1.82) is 0 Å². The average molecular weight is 264 g/mol. The highest BCUT2D eigenvalue weighted by Gasteiger charge is 2.36. The second kappa shape index (κ2) is 5.16. The van der Waals surface area contributed by atoms with Gasteiger partial charge < -0.3 is 14.6 Å². The van der Waals surface area contributed by atoms with Crippen LogP contribution in [0.4, 0.5) is 13.2 Å². The number of alkyl halides is 3. The zero-order chi connectivity index (χ0) is 13.9. The fourth-order valence-corrected chi connectivity index (χ4v) is 1.58. The van der Waals surface area contributed by atoms with Crippen LogP contribution in [0.2, 0.25) is 0 Å². The third-order valence-electron chi connectivity index (χ3n) is 2.28. The number of halogens is 3. The number of carboxylic acids is 1. The lowest BCUT2D eigenvalue weighted by Gasteiger charge is -2.17. The quantitative estimate of drug-likeness (QED) is 0.906. The van der Waals surface area contributed by atoms with Gasteiger partial charge in [-0.05, 0) is 12.1 Å². The number of rotatable bonds is 4. The zero-order valence-corrected chi connectivity index (χ0v) is 9.67. The maximum absolute atomic E-state index is 12.8. The second-order valence-corrected chi connectivity index (χ2v) is 3.40. The van der Waals surface area contributed by atoms with Crippen LogP contribution in [-0.2, 0) is 17.4 Å². The Kier molecular flexibility index (Phi) is 4.05. The number of aliphatic carboxylic acids is 1. The molecule has 0 saturated heterocycles. The van der Waals surface area contributed by atoms with Gasteiger partial charge in [0.2, 0.25) is 0 Å². The van der Waals surface area contributed by atoms with E-state index in [-0.39, 0.29) is 11.5 Å². The lowest BCUT2D eigenvalue weighted by molar-refractivity contribution is -0.139. The van der Waals surface area contributed by atoms with Gasteiger partial charge in [-0.15, -0.1) is 0 Å². The van der Waals surface area contributed by atoms with Gasteiger partial charge in [-0.25, -0.2) is 0 Å². The molecule has 1 aromatic rings. The monoisotopic (exact) mass is 264 g/mol. The van der Waals surface area contributed by atoms with E-state index in [4.69, 9.17) is 14.6 Å². The van der Waals surface area contributed by atoms with Crippen molar-refractivity contribution in [2.45, 2.75) is 12.6 Å². The third-order valence-corrected chi connectivity index (χ3v) is 2.28. The van der Waals surface area contributed by atoms with Crippen molar-refractivity contribution in [3.05, 3.63) is 23.3 Å². The Bertz CT molecular complexity index is 454. The largest absolute Gasteiger partial charge is 0.493 e. The average Bonchev–Trinajstić information content (AvgIpc) is 2.25. The number of hydrogen-bond acceptors (Lipinski definition) is 3. The van der Waals surface area contributed by atoms with Gasteiger partial charge >= 0.3 is 12.1 Å².